The SMILES string of the molecule is CNC(=O)C(=O)c1ccccc1C(OC)OC. The molecule has 0 heterocycles. The normalized spacial score (nSPS) is 10.4. The minimum atomic E-state index is -0.667. The van der Waals surface area contributed by atoms with Gasteiger partial charge in [0.05, 0.1) is 0 Å². The highest BCUT2D eigenvalue weighted by atomic mass is 16.7. The van der Waals surface area contributed by atoms with Gasteiger partial charge in [-0.05, 0) is 0 Å². The van der Waals surface area contributed by atoms with E-state index < -0.39 is 18.0 Å². The van der Waals surface area contributed by atoms with E-state index in [-0.39, 0.29) is 5.56 Å². The lowest BCUT2D eigenvalue weighted by molar-refractivity contribution is -0.116. The van der Waals surface area contributed by atoms with Gasteiger partial charge in [0.25, 0.3) is 11.7 Å². The molecule has 0 aliphatic rings. The molecule has 1 aromatic rings. The smallest absolute Gasteiger partial charge is 0.292 e. The first kappa shape index (κ1) is 13.3. The summed E-state index contributed by atoms with van der Waals surface area (Å²) in [7, 11) is 4.34. The number of Topliss-reactive ketones (excluding diaryl/α,β-unsaturated/α-hetero) is 1. The molecule has 0 aliphatic carbocycles. The molecule has 0 atom stereocenters. The molecule has 0 spiro atoms. The van der Waals surface area contributed by atoms with E-state index in [2.05, 4.69) is 5.32 Å². The van der Waals surface area contributed by atoms with E-state index in [1.165, 1.54) is 21.3 Å². The maximum atomic E-state index is 11.8. The third-order valence-electron chi connectivity index (χ3n) is 2.32. The van der Waals surface area contributed by atoms with Crippen molar-refractivity contribution in [3.63, 3.8) is 0 Å². The van der Waals surface area contributed by atoms with Crippen molar-refractivity contribution in [2.24, 2.45) is 0 Å². The summed E-state index contributed by atoms with van der Waals surface area (Å²) in [4.78, 5) is 23.1. The fourth-order valence-corrected chi connectivity index (χ4v) is 1.50. The first-order valence-corrected chi connectivity index (χ1v) is 5.06. The van der Waals surface area contributed by atoms with Crippen LogP contribution in [0.1, 0.15) is 22.2 Å². The summed E-state index contributed by atoms with van der Waals surface area (Å²) in [5.41, 5.74) is 0.812. The lowest BCUT2D eigenvalue weighted by Crippen LogP contribution is -2.28. The number of hydrogen-bond acceptors (Lipinski definition) is 4. The number of ether oxygens (including phenoxy) is 2. The standard InChI is InChI=1S/C12H15NO4/c1-13-11(15)10(14)8-6-4-5-7-9(8)12(16-2)17-3/h4-7,12H,1-3H3,(H,13,15). The fraction of sp³-hybridized carbons (Fsp3) is 0.333. The van der Waals surface area contributed by atoms with Gasteiger partial charge in [0, 0.05) is 32.4 Å². The number of nitrogens with one attached hydrogen (secondary N) is 1. The monoisotopic (exact) mass is 237 g/mol. The number of hydrogen-bond donors (Lipinski definition) is 1. The van der Waals surface area contributed by atoms with Crippen LogP contribution in [0.3, 0.4) is 0 Å². The highest BCUT2D eigenvalue weighted by Gasteiger charge is 2.22. The Balaban J connectivity index is 3.15. The first-order valence-electron chi connectivity index (χ1n) is 5.06. The number of methoxy groups -OCH3 is 2. The largest absolute Gasteiger partial charge is 0.352 e. The van der Waals surface area contributed by atoms with Gasteiger partial charge in [0.1, 0.15) is 0 Å². The summed E-state index contributed by atoms with van der Waals surface area (Å²) in [5, 5.41) is 2.30. The molecule has 0 aliphatic heterocycles. The van der Waals surface area contributed by atoms with Crippen LogP contribution in [0, 0.1) is 0 Å². The van der Waals surface area contributed by atoms with Crippen LogP contribution in [0.25, 0.3) is 0 Å². The Bertz CT molecular complexity index is 413. The van der Waals surface area contributed by atoms with E-state index in [1.807, 2.05) is 0 Å². The zero-order valence-electron chi connectivity index (χ0n) is 10.0. The van der Waals surface area contributed by atoms with Gasteiger partial charge in [-0.1, -0.05) is 24.3 Å². The van der Waals surface area contributed by atoms with Crippen molar-refractivity contribution in [3.8, 4) is 0 Å². The summed E-state index contributed by atoms with van der Waals surface area (Å²) in [6.07, 6.45) is -0.667. The molecule has 1 amide bonds. The van der Waals surface area contributed by atoms with Gasteiger partial charge >= 0.3 is 0 Å². The predicted molar refractivity (Wildman–Crippen MR) is 61.6 cm³/mol. The molecule has 0 radical (unpaired) electrons. The third-order valence-corrected chi connectivity index (χ3v) is 2.32. The lowest BCUT2D eigenvalue weighted by Gasteiger charge is -2.16. The van der Waals surface area contributed by atoms with Crippen LogP contribution in [0.2, 0.25) is 0 Å². The Morgan fingerprint density at radius 3 is 2.29 bits per heavy atom. The Labute approximate surface area is 99.7 Å². The molecule has 1 rings (SSSR count). The Kier molecular flexibility index (Phi) is 4.81. The van der Waals surface area contributed by atoms with Crippen LogP contribution in [-0.2, 0) is 14.3 Å². The Hall–Kier alpha value is -1.72. The van der Waals surface area contributed by atoms with Crippen molar-refractivity contribution >= 4 is 11.7 Å². The van der Waals surface area contributed by atoms with Gasteiger partial charge in [-0.3, -0.25) is 9.59 Å². The van der Waals surface area contributed by atoms with Gasteiger partial charge in [-0.15, -0.1) is 0 Å². The minimum absolute atomic E-state index is 0.278. The average Bonchev–Trinajstić information content (AvgIpc) is 2.39. The number of likely N-dealkylation sites (N-methyl/N-ethyl adjacent to an activating group) is 1. The van der Waals surface area contributed by atoms with Crippen molar-refractivity contribution in [2.75, 3.05) is 21.3 Å². The Morgan fingerprint density at radius 2 is 1.76 bits per heavy atom. The second-order valence-electron chi connectivity index (χ2n) is 3.30. The van der Waals surface area contributed by atoms with E-state index in [9.17, 15) is 9.59 Å². The number of rotatable bonds is 5. The van der Waals surface area contributed by atoms with Gasteiger partial charge in [-0.25, -0.2) is 0 Å². The minimum Gasteiger partial charge on any atom is -0.352 e. The average molecular weight is 237 g/mol. The summed E-state index contributed by atoms with van der Waals surface area (Å²) in [6.45, 7) is 0. The second kappa shape index (κ2) is 6.12. The molecule has 5 heteroatoms. The van der Waals surface area contributed by atoms with Crippen LogP contribution in [0.5, 0.6) is 0 Å². The summed E-state index contributed by atoms with van der Waals surface area (Å²) >= 11 is 0. The zero-order chi connectivity index (χ0) is 12.8. The van der Waals surface area contributed by atoms with Crippen molar-refractivity contribution in [1.82, 2.24) is 5.32 Å². The number of carbonyl (C=O) groups excluding carboxylic acids is 2. The maximum Gasteiger partial charge on any atom is 0.292 e. The van der Waals surface area contributed by atoms with Crippen molar-refractivity contribution in [3.05, 3.63) is 35.4 Å². The van der Waals surface area contributed by atoms with Gasteiger partial charge < -0.3 is 14.8 Å². The Morgan fingerprint density at radius 1 is 1.18 bits per heavy atom. The molecule has 0 fully saturated rings. The van der Waals surface area contributed by atoms with Gasteiger partial charge in [0.2, 0.25) is 0 Å². The molecule has 0 unspecified atom stereocenters. The molecule has 1 aromatic carbocycles. The number of amides is 1. The second-order valence-corrected chi connectivity index (χ2v) is 3.30. The molecule has 5 nitrogen and oxygen atoms in total. The molecule has 17 heavy (non-hydrogen) atoms. The zero-order valence-corrected chi connectivity index (χ0v) is 10.0. The van der Waals surface area contributed by atoms with Crippen LogP contribution in [-0.4, -0.2) is 33.0 Å². The molecule has 0 saturated heterocycles. The maximum absolute atomic E-state index is 11.8. The van der Waals surface area contributed by atoms with Crippen LogP contribution in [0.15, 0.2) is 24.3 Å². The summed E-state index contributed by atoms with van der Waals surface area (Å²) in [5.74, 6) is -1.27. The number of ketones is 1. The topological polar surface area (TPSA) is 64.6 Å². The van der Waals surface area contributed by atoms with Crippen molar-refractivity contribution in [2.45, 2.75) is 6.29 Å². The first-order chi connectivity index (χ1) is 8.15. The predicted octanol–water partition coefficient (Wildman–Crippen LogP) is 0.907. The van der Waals surface area contributed by atoms with Gasteiger partial charge in [0.15, 0.2) is 6.29 Å². The van der Waals surface area contributed by atoms with Crippen LogP contribution in [0.4, 0.5) is 0 Å². The summed E-state index contributed by atoms with van der Waals surface area (Å²) in [6, 6.07) is 6.69. The van der Waals surface area contributed by atoms with Crippen molar-refractivity contribution < 1.29 is 19.1 Å². The number of benzene rings is 1. The third kappa shape index (κ3) is 2.89. The molecule has 92 valence electrons. The van der Waals surface area contributed by atoms with E-state index in [0.29, 0.717) is 5.56 Å². The quantitative estimate of drug-likeness (QED) is 0.469. The van der Waals surface area contributed by atoms with Gasteiger partial charge in [-0.2, -0.15) is 0 Å². The molecule has 1 N–H and O–H groups in total. The number of carbonyl (C=O) groups is 2. The van der Waals surface area contributed by atoms with E-state index in [4.69, 9.17) is 9.47 Å². The van der Waals surface area contributed by atoms with Crippen molar-refractivity contribution in [1.29, 1.82) is 0 Å². The molecule has 0 aromatic heterocycles. The molecule has 0 saturated carbocycles. The van der Waals surface area contributed by atoms with E-state index >= 15 is 0 Å². The lowest BCUT2D eigenvalue weighted by atomic mass is 10.0. The van der Waals surface area contributed by atoms with E-state index in [1.54, 1.807) is 24.3 Å². The van der Waals surface area contributed by atoms with Crippen LogP contribution >= 0.6 is 0 Å². The van der Waals surface area contributed by atoms with Crippen LogP contribution < -0.4 is 5.32 Å². The fourth-order valence-electron chi connectivity index (χ4n) is 1.50. The molecular weight excluding hydrogens is 222 g/mol. The highest BCUT2D eigenvalue weighted by Crippen LogP contribution is 2.21. The molecular formula is C12H15NO4. The highest BCUT2D eigenvalue weighted by molar-refractivity contribution is 6.43. The summed E-state index contributed by atoms with van der Waals surface area (Å²) < 4.78 is 10.2. The van der Waals surface area contributed by atoms with E-state index in [0.717, 1.165) is 0 Å². The molecule has 0 bridgehead atoms.